The van der Waals surface area contributed by atoms with Gasteiger partial charge in [-0.25, -0.2) is 4.79 Å². The molecule has 0 atom stereocenters. The van der Waals surface area contributed by atoms with E-state index in [1.165, 1.54) is 20.8 Å². The van der Waals surface area contributed by atoms with E-state index in [1.54, 1.807) is 0 Å². The number of nitrogens with one attached hydrogen (secondary N) is 1. The van der Waals surface area contributed by atoms with Gasteiger partial charge in [0.1, 0.15) is 0 Å². The first-order valence-corrected chi connectivity index (χ1v) is 5.68. The largest absolute Gasteiger partial charge is 0.478 e. The molecule has 0 aliphatic heterocycles. The van der Waals surface area contributed by atoms with E-state index >= 15 is 0 Å². The second kappa shape index (κ2) is 5.15. The molecule has 20 heavy (non-hydrogen) atoms. The number of carbonyl (C=O) groups is 2. The summed E-state index contributed by atoms with van der Waals surface area (Å²) < 4.78 is 38.3. The molecule has 0 saturated carbocycles. The number of halogens is 3. The molecule has 2 N–H and O–H groups in total. The number of carboxylic acid groups (broad SMARTS) is 1. The Morgan fingerprint density at radius 3 is 2.00 bits per heavy atom. The summed E-state index contributed by atoms with van der Waals surface area (Å²) >= 11 is 0. The van der Waals surface area contributed by atoms with Crippen molar-refractivity contribution in [2.24, 2.45) is 0 Å². The fourth-order valence-electron chi connectivity index (χ4n) is 1.79. The molecule has 0 heterocycles. The summed E-state index contributed by atoms with van der Waals surface area (Å²) in [4.78, 5) is 22.0. The average Bonchev–Trinajstić information content (AvgIpc) is 2.25. The number of carbonyl (C=O) groups excluding carboxylic acids is 1. The number of hydrogen-bond donors (Lipinski definition) is 2. The fraction of sp³-hybridized carbons (Fsp3) is 0.385. The Hall–Kier alpha value is -2.05. The fourth-order valence-corrected chi connectivity index (χ4v) is 1.79. The van der Waals surface area contributed by atoms with Crippen molar-refractivity contribution >= 4 is 11.9 Å². The minimum absolute atomic E-state index is 0.0694. The second-order valence-corrected chi connectivity index (χ2v) is 4.91. The zero-order valence-corrected chi connectivity index (χ0v) is 11.1. The number of rotatable bonds is 3. The van der Waals surface area contributed by atoms with Crippen LogP contribution in [0, 0.1) is 0 Å². The molecule has 0 unspecified atom stereocenters. The standard InChI is InChI=1S/C13H14F3NO3/c1-7(18)17-12(2,3)9-4-8(11(19)20)5-10(6-9)13(14,15)16/h4-6H,1-3H3,(H,17,18)(H,19,20). The molecule has 0 bridgehead atoms. The molecular formula is C13H14F3NO3. The number of carboxylic acids is 1. The third kappa shape index (κ3) is 3.72. The number of benzene rings is 1. The van der Waals surface area contributed by atoms with Crippen LogP contribution in [0.5, 0.6) is 0 Å². The van der Waals surface area contributed by atoms with Crippen molar-refractivity contribution in [3.8, 4) is 0 Å². The molecule has 0 radical (unpaired) electrons. The van der Waals surface area contributed by atoms with Crippen molar-refractivity contribution < 1.29 is 27.9 Å². The molecule has 1 amide bonds. The predicted molar refractivity (Wildman–Crippen MR) is 65.2 cm³/mol. The van der Waals surface area contributed by atoms with Crippen molar-refractivity contribution in [2.45, 2.75) is 32.5 Å². The minimum Gasteiger partial charge on any atom is -0.478 e. The average molecular weight is 289 g/mol. The molecule has 0 aliphatic carbocycles. The second-order valence-electron chi connectivity index (χ2n) is 4.91. The third-order valence-electron chi connectivity index (χ3n) is 2.72. The zero-order valence-electron chi connectivity index (χ0n) is 11.1. The van der Waals surface area contributed by atoms with Crippen molar-refractivity contribution in [1.82, 2.24) is 5.32 Å². The molecular weight excluding hydrogens is 275 g/mol. The topological polar surface area (TPSA) is 66.4 Å². The summed E-state index contributed by atoms with van der Waals surface area (Å²) in [6, 6.07) is 2.52. The lowest BCUT2D eigenvalue weighted by molar-refractivity contribution is -0.137. The van der Waals surface area contributed by atoms with Gasteiger partial charge in [0.15, 0.2) is 0 Å². The maximum absolute atomic E-state index is 12.8. The molecule has 0 aromatic heterocycles. The number of hydrogen-bond acceptors (Lipinski definition) is 2. The first-order chi connectivity index (χ1) is 8.93. The van der Waals surface area contributed by atoms with E-state index < -0.39 is 34.7 Å². The van der Waals surface area contributed by atoms with Gasteiger partial charge in [0.05, 0.1) is 16.7 Å². The Bertz CT molecular complexity index is 550. The van der Waals surface area contributed by atoms with E-state index in [4.69, 9.17) is 5.11 Å². The maximum atomic E-state index is 12.8. The minimum atomic E-state index is -4.66. The lowest BCUT2D eigenvalue weighted by atomic mass is 9.90. The molecule has 1 rings (SSSR count). The van der Waals surface area contributed by atoms with Crippen LogP contribution in [-0.4, -0.2) is 17.0 Å². The van der Waals surface area contributed by atoms with E-state index in [0.29, 0.717) is 6.07 Å². The van der Waals surface area contributed by atoms with Crippen molar-refractivity contribution in [2.75, 3.05) is 0 Å². The van der Waals surface area contributed by atoms with Gasteiger partial charge in [-0.3, -0.25) is 4.79 Å². The molecule has 1 aromatic rings. The summed E-state index contributed by atoms with van der Waals surface area (Å²) in [5.74, 6) is -1.89. The molecule has 110 valence electrons. The summed E-state index contributed by atoms with van der Waals surface area (Å²) in [7, 11) is 0. The smallest absolute Gasteiger partial charge is 0.416 e. The van der Waals surface area contributed by atoms with Crippen molar-refractivity contribution in [1.29, 1.82) is 0 Å². The van der Waals surface area contributed by atoms with E-state index in [9.17, 15) is 22.8 Å². The summed E-state index contributed by atoms with van der Waals surface area (Å²) in [6.45, 7) is 4.22. The first-order valence-electron chi connectivity index (χ1n) is 5.68. The van der Waals surface area contributed by atoms with Gasteiger partial charge < -0.3 is 10.4 Å². The Morgan fingerprint density at radius 2 is 1.60 bits per heavy atom. The summed E-state index contributed by atoms with van der Waals surface area (Å²) in [6.07, 6.45) is -4.66. The highest BCUT2D eigenvalue weighted by Gasteiger charge is 2.34. The van der Waals surface area contributed by atoms with Crippen LogP contribution in [0.4, 0.5) is 13.2 Å². The van der Waals surface area contributed by atoms with Crippen molar-refractivity contribution in [3.63, 3.8) is 0 Å². The predicted octanol–water partition coefficient (Wildman–Crippen LogP) is 2.77. The molecule has 0 aliphatic rings. The van der Waals surface area contributed by atoms with Gasteiger partial charge in [-0.05, 0) is 37.6 Å². The van der Waals surface area contributed by atoms with Crippen LogP contribution in [0.1, 0.15) is 42.3 Å². The lowest BCUT2D eigenvalue weighted by Crippen LogP contribution is -2.40. The number of amides is 1. The van der Waals surface area contributed by atoms with Gasteiger partial charge in [0.2, 0.25) is 5.91 Å². The zero-order chi connectivity index (χ0) is 15.7. The van der Waals surface area contributed by atoms with Crippen LogP contribution in [0.25, 0.3) is 0 Å². The molecule has 1 aromatic carbocycles. The molecule has 7 heteroatoms. The SMILES string of the molecule is CC(=O)NC(C)(C)c1cc(C(=O)O)cc(C(F)(F)F)c1. The van der Waals surface area contributed by atoms with E-state index in [1.807, 2.05) is 0 Å². The Kier molecular flexibility index (Phi) is 4.12. The molecule has 0 fully saturated rings. The van der Waals surface area contributed by atoms with Crippen LogP contribution in [0.15, 0.2) is 18.2 Å². The quantitative estimate of drug-likeness (QED) is 0.899. The first kappa shape index (κ1) is 16.0. The monoisotopic (exact) mass is 289 g/mol. The Labute approximate surface area is 113 Å². The molecule has 0 saturated heterocycles. The van der Waals surface area contributed by atoms with Crippen molar-refractivity contribution in [3.05, 3.63) is 34.9 Å². The van der Waals surface area contributed by atoms with Gasteiger partial charge in [-0.2, -0.15) is 13.2 Å². The highest BCUT2D eigenvalue weighted by Crippen LogP contribution is 2.33. The normalized spacial score (nSPS) is 12.1. The van der Waals surface area contributed by atoms with Gasteiger partial charge in [0.25, 0.3) is 0 Å². The van der Waals surface area contributed by atoms with Gasteiger partial charge in [-0.1, -0.05) is 0 Å². The Balaban J connectivity index is 3.43. The van der Waals surface area contributed by atoms with Crippen LogP contribution >= 0.6 is 0 Å². The lowest BCUT2D eigenvalue weighted by Gasteiger charge is -2.27. The number of aromatic carboxylic acids is 1. The summed E-state index contributed by atoms with van der Waals surface area (Å²) in [5, 5.41) is 11.4. The van der Waals surface area contributed by atoms with Crippen LogP contribution in [0.2, 0.25) is 0 Å². The molecule has 0 spiro atoms. The number of alkyl halides is 3. The highest BCUT2D eigenvalue weighted by atomic mass is 19.4. The third-order valence-corrected chi connectivity index (χ3v) is 2.72. The van der Waals surface area contributed by atoms with Gasteiger partial charge in [-0.15, -0.1) is 0 Å². The maximum Gasteiger partial charge on any atom is 0.416 e. The van der Waals surface area contributed by atoms with Crippen LogP contribution in [-0.2, 0) is 16.5 Å². The highest BCUT2D eigenvalue weighted by molar-refractivity contribution is 5.88. The van der Waals surface area contributed by atoms with Crippen LogP contribution < -0.4 is 5.32 Å². The van der Waals surface area contributed by atoms with Gasteiger partial charge in [0, 0.05) is 6.92 Å². The summed E-state index contributed by atoms with van der Waals surface area (Å²) in [5.41, 5.74) is -2.59. The van der Waals surface area contributed by atoms with E-state index in [0.717, 1.165) is 12.1 Å². The van der Waals surface area contributed by atoms with Crippen LogP contribution in [0.3, 0.4) is 0 Å². The van der Waals surface area contributed by atoms with Gasteiger partial charge >= 0.3 is 12.1 Å². The Morgan fingerprint density at radius 1 is 1.10 bits per heavy atom. The molecule has 4 nitrogen and oxygen atoms in total. The van der Waals surface area contributed by atoms with E-state index in [-0.39, 0.29) is 5.56 Å². The van der Waals surface area contributed by atoms with E-state index in [2.05, 4.69) is 5.32 Å².